The molecular formula is C15H23N3O3. The first-order valence-corrected chi connectivity index (χ1v) is 7.21. The van der Waals surface area contributed by atoms with E-state index in [0.717, 1.165) is 25.9 Å². The summed E-state index contributed by atoms with van der Waals surface area (Å²) in [5.74, 6) is -0.315. The van der Waals surface area contributed by atoms with E-state index in [2.05, 4.69) is 10.6 Å². The number of pyridine rings is 1. The molecule has 1 amide bonds. The van der Waals surface area contributed by atoms with Crippen LogP contribution in [0.3, 0.4) is 0 Å². The van der Waals surface area contributed by atoms with Crippen molar-refractivity contribution in [2.45, 2.75) is 12.8 Å². The highest BCUT2D eigenvalue weighted by Crippen LogP contribution is 2.28. The molecule has 2 rings (SSSR count). The summed E-state index contributed by atoms with van der Waals surface area (Å²) in [6, 6.07) is 3.26. The normalized spacial score (nSPS) is 17.4. The third-order valence-electron chi connectivity index (χ3n) is 4.11. The van der Waals surface area contributed by atoms with Crippen molar-refractivity contribution in [3.63, 3.8) is 0 Å². The molecule has 0 aromatic carbocycles. The van der Waals surface area contributed by atoms with E-state index in [-0.39, 0.29) is 22.4 Å². The molecule has 0 aliphatic carbocycles. The summed E-state index contributed by atoms with van der Waals surface area (Å²) in [5.41, 5.74) is -0.141. The van der Waals surface area contributed by atoms with Gasteiger partial charge in [0.25, 0.3) is 11.5 Å². The molecule has 1 aromatic heterocycles. The van der Waals surface area contributed by atoms with Gasteiger partial charge in [-0.15, -0.1) is 0 Å². The Bertz CT molecular complexity index is 542. The van der Waals surface area contributed by atoms with E-state index in [9.17, 15) is 9.59 Å². The number of aryl methyl sites for hydroxylation is 1. The van der Waals surface area contributed by atoms with Crippen LogP contribution in [-0.2, 0) is 11.8 Å². The first-order valence-electron chi connectivity index (χ1n) is 7.21. The number of methoxy groups -OCH3 is 1. The molecule has 2 N–H and O–H groups in total. The quantitative estimate of drug-likeness (QED) is 0.809. The Morgan fingerprint density at radius 3 is 2.86 bits per heavy atom. The van der Waals surface area contributed by atoms with Crippen LogP contribution in [0.15, 0.2) is 23.1 Å². The molecule has 6 heteroatoms. The maximum absolute atomic E-state index is 12.2. The van der Waals surface area contributed by atoms with Crippen molar-refractivity contribution in [3.05, 3.63) is 34.2 Å². The third-order valence-corrected chi connectivity index (χ3v) is 4.11. The van der Waals surface area contributed by atoms with Crippen LogP contribution in [0.4, 0.5) is 0 Å². The minimum Gasteiger partial charge on any atom is -0.384 e. The van der Waals surface area contributed by atoms with Crippen LogP contribution in [0.25, 0.3) is 0 Å². The van der Waals surface area contributed by atoms with E-state index in [1.807, 2.05) is 0 Å². The first kappa shape index (κ1) is 15.7. The number of ether oxygens (including phenoxy) is 1. The number of nitrogens with zero attached hydrogens (tertiary/aromatic N) is 1. The molecule has 2 heterocycles. The number of rotatable bonds is 5. The summed E-state index contributed by atoms with van der Waals surface area (Å²) >= 11 is 0. The Morgan fingerprint density at radius 1 is 1.48 bits per heavy atom. The monoisotopic (exact) mass is 293 g/mol. The second-order valence-electron chi connectivity index (χ2n) is 5.70. The van der Waals surface area contributed by atoms with Crippen molar-refractivity contribution in [1.29, 1.82) is 0 Å². The Labute approximate surface area is 124 Å². The Kier molecular flexibility index (Phi) is 5.14. The maximum atomic E-state index is 12.2. The van der Waals surface area contributed by atoms with Crippen LogP contribution in [0.1, 0.15) is 23.2 Å². The number of hydrogen-bond acceptors (Lipinski definition) is 4. The predicted octanol–water partition coefficient (Wildman–Crippen LogP) is 0.131. The minimum absolute atomic E-state index is 0.0460. The molecule has 6 nitrogen and oxygen atoms in total. The van der Waals surface area contributed by atoms with Gasteiger partial charge in [0.2, 0.25) is 0 Å². The number of carbonyl (C=O) groups excluding carboxylic acids is 1. The molecule has 1 fully saturated rings. The fraction of sp³-hybridized carbons (Fsp3) is 0.600. The molecule has 0 bridgehead atoms. The molecule has 0 spiro atoms. The molecule has 0 atom stereocenters. The summed E-state index contributed by atoms with van der Waals surface area (Å²) in [4.78, 5) is 24.2. The fourth-order valence-corrected chi connectivity index (χ4v) is 2.77. The lowest BCUT2D eigenvalue weighted by molar-refractivity contribution is 0.0511. The summed E-state index contributed by atoms with van der Waals surface area (Å²) in [6.45, 7) is 2.99. The SMILES string of the molecule is COCC1(CNC(=O)c2cccn(C)c2=O)CCNCC1. The molecule has 0 radical (unpaired) electrons. The van der Waals surface area contributed by atoms with Crippen LogP contribution in [0.5, 0.6) is 0 Å². The fourth-order valence-electron chi connectivity index (χ4n) is 2.77. The van der Waals surface area contributed by atoms with Gasteiger partial charge in [0.15, 0.2) is 0 Å². The summed E-state index contributed by atoms with van der Waals surface area (Å²) < 4.78 is 6.73. The number of amides is 1. The smallest absolute Gasteiger partial charge is 0.263 e. The van der Waals surface area contributed by atoms with Crippen molar-refractivity contribution >= 4 is 5.91 Å². The van der Waals surface area contributed by atoms with Crippen LogP contribution in [0.2, 0.25) is 0 Å². The van der Waals surface area contributed by atoms with E-state index < -0.39 is 0 Å². The Hall–Kier alpha value is -1.66. The minimum atomic E-state index is -0.315. The van der Waals surface area contributed by atoms with Gasteiger partial charge in [-0.3, -0.25) is 9.59 Å². The van der Waals surface area contributed by atoms with Crippen LogP contribution in [-0.4, -0.2) is 43.8 Å². The molecule has 1 aliphatic rings. The molecular weight excluding hydrogens is 270 g/mol. The molecule has 0 saturated carbocycles. The zero-order valence-electron chi connectivity index (χ0n) is 12.6. The highest BCUT2D eigenvalue weighted by atomic mass is 16.5. The van der Waals surface area contributed by atoms with E-state index in [4.69, 9.17) is 4.74 Å². The number of nitrogens with one attached hydrogen (secondary N) is 2. The van der Waals surface area contributed by atoms with Gasteiger partial charge in [0, 0.05) is 32.3 Å². The van der Waals surface area contributed by atoms with E-state index in [0.29, 0.717) is 13.2 Å². The van der Waals surface area contributed by atoms with Crippen molar-refractivity contribution < 1.29 is 9.53 Å². The number of piperidine rings is 1. The standard InChI is InChI=1S/C15H23N3O3/c1-18-9-3-4-12(14(18)20)13(19)17-10-15(11-21-2)5-7-16-8-6-15/h3-4,9,16H,5-8,10-11H2,1-2H3,(H,17,19). The molecule has 21 heavy (non-hydrogen) atoms. The predicted molar refractivity (Wildman–Crippen MR) is 80.4 cm³/mol. The van der Waals surface area contributed by atoms with Crippen LogP contribution in [0, 0.1) is 5.41 Å². The van der Waals surface area contributed by atoms with E-state index in [1.54, 1.807) is 32.5 Å². The van der Waals surface area contributed by atoms with Crippen molar-refractivity contribution in [1.82, 2.24) is 15.2 Å². The van der Waals surface area contributed by atoms with Gasteiger partial charge in [0.05, 0.1) is 6.61 Å². The highest BCUT2D eigenvalue weighted by Gasteiger charge is 2.32. The van der Waals surface area contributed by atoms with Gasteiger partial charge < -0.3 is 19.9 Å². The van der Waals surface area contributed by atoms with Gasteiger partial charge in [-0.25, -0.2) is 0 Å². The molecule has 1 aliphatic heterocycles. The number of carbonyl (C=O) groups is 1. The van der Waals surface area contributed by atoms with E-state index in [1.165, 1.54) is 4.57 Å². The zero-order valence-corrected chi connectivity index (χ0v) is 12.6. The van der Waals surface area contributed by atoms with Crippen molar-refractivity contribution in [2.75, 3.05) is 33.4 Å². The number of aromatic nitrogens is 1. The molecule has 116 valence electrons. The molecule has 1 saturated heterocycles. The molecule has 1 aromatic rings. The van der Waals surface area contributed by atoms with Crippen LogP contribution < -0.4 is 16.2 Å². The zero-order chi connectivity index (χ0) is 15.3. The largest absolute Gasteiger partial charge is 0.384 e. The maximum Gasteiger partial charge on any atom is 0.263 e. The summed E-state index contributed by atoms with van der Waals surface area (Å²) in [6.07, 6.45) is 3.54. The van der Waals surface area contributed by atoms with Gasteiger partial charge in [-0.2, -0.15) is 0 Å². The topological polar surface area (TPSA) is 72.4 Å². The summed E-state index contributed by atoms with van der Waals surface area (Å²) in [7, 11) is 3.32. The van der Waals surface area contributed by atoms with E-state index >= 15 is 0 Å². The number of hydrogen-bond donors (Lipinski definition) is 2. The average molecular weight is 293 g/mol. The summed E-state index contributed by atoms with van der Waals surface area (Å²) in [5, 5.41) is 6.21. The second-order valence-corrected chi connectivity index (χ2v) is 5.70. The lowest BCUT2D eigenvalue weighted by atomic mass is 9.79. The Morgan fingerprint density at radius 2 is 2.19 bits per heavy atom. The first-order chi connectivity index (χ1) is 10.1. The lowest BCUT2D eigenvalue weighted by Gasteiger charge is -2.37. The van der Waals surface area contributed by atoms with Gasteiger partial charge >= 0.3 is 0 Å². The lowest BCUT2D eigenvalue weighted by Crippen LogP contribution is -2.47. The van der Waals surface area contributed by atoms with Gasteiger partial charge in [-0.1, -0.05) is 0 Å². The highest BCUT2D eigenvalue weighted by molar-refractivity contribution is 5.93. The van der Waals surface area contributed by atoms with Gasteiger partial charge in [-0.05, 0) is 38.1 Å². The van der Waals surface area contributed by atoms with Crippen LogP contribution >= 0.6 is 0 Å². The molecule has 0 unspecified atom stereocenters. The van der Waals surface area contributed by atoms with Crippen molar-refractivity contribution in [2.24, 2.45) is 12.5 Å². The van der Waals surface area contributed by atoms with Gasteiger partial charge in [0.1, 0.15) is 5.56 Å². The second kappa shape index (κ2) is 6.87. The average Bonchev–Trinajstić information content (AvgIpc) is 2.49. The van der Waals surface area contributed by atoms with Crippen molar-refractivity contribution in [3.8, 4) is 0 Å². The third kappa shape index (κ3) is 3.71. The Balaban J connectivity index is 2.05.